The van der Waals surface area contributed by atoms with Crippen molar-refractivity contribution in [3.8, 4) is 0 Å². The lowest BCUT2D eigenvalue weighted by molar-refractivity contribution is -0.120. The summed E-state index contributed by atoms with van der Waals surface area (Å²) in [5.41, 5.74) is 0. The molecule has 2 aliphatic rings. The average molecular weight is 251 g/mol. The summed E-state index contributed by atoms with van der Waals surface area (Å²) < 4.78 is 0. The monoisotopic (exact) mass is 251 g/mol. The van der Waals surface area contributed by atoms with Crippen molar-refractivity contribution < 1.29 is 9.59 Å². The van der Waals surface area contributed by atoms with Crippen LogP contribution in [0, 0.1) is 5.92 Å². The Hall–Kier alpha value is -1.52. The van der Waals surface area contributed by atoms with Gasteiger partial charge in [0.05, 0.1) is 6.54 Å². The van der Waals surface area contributed by atoms with E-state index < -0.39 is 0 Å². The lowest BCUT2D eigenvalue weighted by atomic mass is 9.94. The number of urea groups is 1. The van der Waals surface area contributed by atoms with Gasteiger partial charge in [0.15, 0.2) is 0 Å². The van der Waals surface area contributed by atoms with Crippen molar-refractivity contribution in [3.05, 3.63) is 12.2 Å². The van der Waals surface area contributed by atoms with Crippen molar-refractivity contribution in [2.45, 2.75) is 38.1 Å². The number of hydrogen-bond acceptors (Lipinski definition) is 2. The third-order valence-electron chi connectivity index (χ3n) is 3.28. The number of rotatable bonds is 5. The van der Waals surface area contributed by atoms with E-state index in [0.717, 1.165) is 32.1 Å². The van der Waals surface area contributed by atoms with Crippen molar-refractivity contribution in [2.75, 3.05) is 13.1 Å². The molecule has 0 aromatic rings. The van der Waals surface area contributed by atoms with Crippen LogP contribution in [0.3, 0.4) is 0 Å². The van der Waals surface area contributed by atoms with Gasteiger partial charge in [-0.25, -0.2) is 4.79 Å². The van der Waals surface area contributed by atoms with Crippen LogP contribution >= 0.6 is 0 Å². The standard InChI is InChI=1S/C13H21N3O2/c17-12(16-11-6-7-11)9-15-13(18)14-8-10-4-2-1-3-5-10/h1-2,10-11H,3-9H2,(H,16,17)(H2,14,15,18). The van der Waals surface area contributed by atoms with E-state index in [1.807, 2.05) is 0 Å². The maximum absolute atomic E-state index is 11.5. The normalized spacial score (nSPS) is 22.3. The molecule has 100 valence electrons. The summed E-state index contributed by atoms with van der Waals surface area (Å²) in [6.45, 7) is 0.743. The van der Waals surface area contributed by atoms with Gasteiger partial charge in [-0.2, -0.15) is 0 Å². The van der Waals surface area contributed by atoms with Crippen LogP contribution in [-0.4, -0.2) is 31.1 Å². The molecule has 0 heterocycles. The second kappa shape index (κ2) is 6.42. The highest BCUT2D eigenvalue weighted by Crippen LogP contribution is 2.18. The Kier molecular flexibility index (Phi) is 4.61. The predicted molar refractivity (Wildman–Crippen MR) is 69.0 cm³/mol. The van der Waals surface area contributed by atoms with Crippen LogP contribution in [0.15, 0.2) is 12.2 Å². The zero-order chi connectivity index (χ0) is 12.8. The number of nitrogens with one attached hydrogen (secondary N) is 3. The summed E-state index contributed by atoms with van der Waals surface area (Å²) >= 11 is 0. The van der Waals surface area contributed by atoms with E-state index >= 15 is 0 Å². The Bertz CT molecular complexity index is 337. The highest BCUT2D eigenvalue weighted by atomic mass is 16.2. The fourth-order valence-corrected chi connectivity index (χ4v) is 2.01. The number of carbonyl (C=O) groups is 2. The molecule has 1 unspecified atom stereocenters. The highest BCUT2D eigenvalue weighted by molar-refractivity contribution is 5.84. The number of amides is 3. The van der Waals surface area contributed by atoms with Gasteiger partial charge < -0.3 is 16.0 Å². The zero-order valence-corrected chi connectivity index (χ0v) is 10.6. The summed E-state index contributed by atoms with van der Waals surface area (Å²) in [6.07, 6.45) is 9.72. The van der Waals surface area contributed by atoms with Crippen LogP contribution < -0.4 is 16.0 Å². The van der Waals surface area contributed by atoms with E-state index in [2.05, 4.69) is 28.1 Å². The molecule has 5 heteroatoms. The largest absolute Gasteiger partial charge is 0.352 e. The second-order valence-electron chi connectivity index (χ2n) is 5.06. The van der Waals surface area contributed by atoms with Crippen LogP contribution in [0.25, 0.3) is 0 Å². The molecule has 1 fully saturated rings. The quantitative estimate of drug-likeness (QED) is 0.636. The van der Waals surface area contributed by atoms with Gasteiger partial charge in [-0.05, 0) is 38.0 Å². The average Bonchev–Trinajstić information content (AvgIpc) is 3.19. The zero-order valence-electron chi connectivity index (χ0n) is 10.6. The Morgan fingerprint density at radius 2 is 1.94 bits per heavy atom. The van der Waals surface area contributed by atoms with Crippen molar-refractivity contribution in [1.29, 1.82) is 0 Å². The van der Waals surface area contributed by atoms with Gasteiger partial charge in [0, 0.05) is 12.6 Å². The van der Waals surface area contributed by atoms with E-state index in [0.29, 0.717) is 18.5 Å². The predicted octanol–water partition coefficient (Wildman–Crippen LogP) is 0.920. The minimum absolute atomic E-state index is 0.0624. The molecule has 1 saturated carbocycles. The van der Waals surface area contributed by atoms with Crippen LogP contribution in [0.4, 0.5) is 4.79 Å². The molecule has 2 aliphatic carbocycles. The molecule has 1 atom stereocenters. The van der Waals surface area contributed by atoms with Crippen LogP contribution in [0.2, 0.25) is 0 Å². The first-order valence-electron chi connectivity index (χ1n) is 6.70. The molecule has 0 aromatic carbocycles. The van der Waals surface area contributed by atoms with Crippen LogP contribution in [0.1, 0.15) is 32.1 Å². The summed E-state index contributed by atoms with van der Waals surface area (Å²) in [4.78, 5) is 22.8. The SMILES string of the molecule is O=C(CNC(=O)NCC1CC=CCC1)NC1CC1. The van der Waals surface area contributed by atoms with Gasteiger partial charge in [-0.1, -0.05) is 12.2 Å². The Morgan fingerprint density at radius 3 is 2.61 bits per heavy atom. The van der Waals surface area contributed by atoms with Gasteiger partial charge in [-0.3, -0.25) is 4.79 Å². The van der Waals surface area contributed by atoms with E-state index in [-0.39, 0.29) is 18.5 Å². The summed E-state index contributed by atoms with van der Waals surface area (Å²) in [7, 11) is 0. The fraction of sp³-hybridized carbons (Fsp3) is 0.692. The van der Waals surface area contributed by atoms with Crippen molar-refractivity contribution >= 4 is 11.9 Å². The topological polar surface area (TPSA) is 70.2 Å². The molecule has 0 radical (unpaired) electrons. The van der Waals surface area contributed by atoms with E-state index in [9.17, 15) is 9.59 Å². The van der Waals surface area contributed by atoms with E-state index in [1.165, 1.54) is 0 Å². The number of carbonyl (C=O) groups excluding carboxylic acids is 2. The molecular weight excluding hydrogens is 230 g/mol. The minimum atomic E-state index is -0.254. The Labute approximate surface area is 107 Å². The summed E-state index contributed by atoms with van der Waals surface area (Å²) in [5.74, 6) is 0.425. The van der Waals surface area contributed by atoms with E-state index in [4.69, 9.17) is 0 Å². The highest BCUT2D eigenvalue weighted by Gasteiger charge is 2.23. The molecule has 0 aromatic heterocycles. The summed E-state index contributed by atoms with van der Waals surface area (Å²) in [6, 6.07) is 0.0897. The van der Waals surface area contributed by atoms with Gasteiger partial charge in [0.25, 0.3) is 0 Å². The maximum Gasteiger partial charge on any atom is 0.315 e. The van der Waals surface area contributed by atoms with Gasteiger partial charge in [-0.15, -0.1) is 0 Å². The maximum atomic E-state index is 11.5. The molecule has 5 nitrogen and oxygen atoms in total. The second-order valence-corrected chi connectivity index (χ2v) is 5.06. The first kappa shape index (κ1) is 12.9. The molecule has 3 amide bonds. The molecule has 18 heavy (non-hydrogen) atoms. The van der Waals surface area contributed by atoms with E-state index in [1.54, 1.807) is 0 Å². The first-order valence-corrected chi connectivity index (χ1v) is 6.70. The molecule has 3 N–H and O–H groups in total. The lowest BCUT2D eigenvalue weighted by Crippen LogP contribution is -2.43. The molecule has 0 bridgehead atoms. The molecule has 2 rings (SSSR count). The van der Waals surface area contributed by atoms with Crippen molar-refractivity contribution in [1.82, 2.24) is 16.0 Å². The van der Waals surface area contributed by atoms with Gasteiger partial charge in [0.2, 0.25) is 5.91 Å². The first-order chi connectivity index (χ1) is 8.74. The third-order valence-corrected chi connectivity index (χ3v) is 3.28. The lowest BCUT2D eigenvalue weighted by Gasteiger charge is -2.18. The van der Waals surface area contributed by atoms with Gasteiger partial charge >= 0.3 is 6.03 Å². The third kappa shape index (κ3) is 4.77. The molecule has 0 spiro atoms. The van der Waals surface area contributed by atoms with Gasteiger partial charge in [0.1, 0.15) is 0 Å². The number of hydrogen-bond donors (Lipinski definition) is 3. The Morgan fingerprint density at radius 1 is 1.11 bits per heavy atom. The van der Waals surface area contributed by atoms with Crippen LogP contribution in [-0.2, 0) is 4.79 Å². The van der Waals surface area contributed by atoms with Crippen molar-refractivity contribution in [2.24, 2.45) is 5.92 Å². The summed E-state index contributed by atoms with van der Waals surface area (Å²) in [5, 5.41) is 8.21. The Balaban J connectivity index is 1.53. The molecule has 0 aliphatic heterocycles. The molecular formula is C13H21N3O2. The molecule has 0 saturated heterocycles. The van der Waals surface area contributed by atoms with Crippen LogP contribution in [0.5, 0.6) is 0 Å². The van der Waals surface area contributed by atoms with Crippen molar-refractivity contribution in [3.63, 3.8) is 0 Å². The fourth-order valence-electron chi connectivity index (χ4n) is 2.01. The number of allylic oxidation sites excluding steroid dienone is 2. The smallest absolute Gasteiger partial charge is 0.315 e. The minimum Gasteiger partial charge on any atom is -0.352 e.